The Labute approximate surface area is 134 Å². The molecule has 0 aliphatic rings. The Balaban J connectivity index is 1.60. The first-order valence-electron chi connectivity index (χ1n) is 6.76. The Morgan fingerprint density at radius 1 is 1.27 bits per heavy atom. The van der Waals surface area contributed by atoms with Crippen LogP contribution in [0.4, 0.5) is 4.39 Å². The molecule has 0 saturated carbocycles. The number of nitrogens with zero attached hydrogens (tertiary/aromatic N) is 1. The summed E-state index contributed by atoms with van der Waals surface area (Å²) in [6.45, 7) is 0.329. The molecule has 4 nitrogen and oxygen atoms in total. The van der Waals surface area contributed by atoms with E-state index >= 15 is 0 Å². The lowest BCUT2D eigenvalue weighted by Crippen LogP contribution is -2.25. The van der Waals surface area contributed by atoms with Crippen molar-refractivity contribution in [2.45, 2.75) is 13.0 Å². The van der Waals surface area contributed by atoms with E-state index in [4.69, 9.17) is 0 Å². The van der Waals surface area contributed by atoms with E-state index in [0.29, 0.717) is 16.8 Å². The average Bonchev–Trinajstić information content (AvgIpc) is 2.92. The van der Waals surface area contributed by atoms with E-state index < -0.39 is 0 Å². The number of imidazole rings is 1. The molecule has 1 aromatic heterocycles. The van der Waals surface area contributed by atoms with E-state index in [2.05, 4.69) is 31.2 Å². The number of hydrogen-bond donors (Lipinski definition) is 2. The van der Waals surface area contributed by atoms with Crippen molar-refractivity contribution in [2.24, 2.45) is 0 Å². The molecule has 0 atom stereocenters. The number of rotatable bonds is 4. The van der Waals surface area contributed by atoms with Crippen molar-refractivity contribution in [3.8, 4) is 0 Å². The van der Waals surface area contributed by atoms with Gasteiger partial charge in [0.05, 0.1) is 28.5 Å². The van der Waals surface area contributed by atoms with Crippen molar-refractivity contribution in [3.63, 3.8) is 0 Å². The van der Waals surface area contributed by atoms with Crippen molar-refractivity contribution in [1.29, 1.82) is 0 Å². The van der Waals surface area contributed by atoms with Gasteiger partial charge < -0.3 is 10.3 Å². The normalized spacial score (nSPS) is 10.8. The number of fused-ring (bicyclic) bond motifs is 1. The van der Waals surface area contributed by atoms with Crippen LogP contribution >= 0.6 is 15.9 Å². The van der Waals surface area contributed by atoms with Gasteiger partial charge in [-0.05, 0) is 45.8 Å². The number of carbonyl (C=O) groups is 1. The Morgan fingerprint density at radius 2 is 2.09 bits per heavy atom. The van der Waals surface area contributed by atoms with Gasteiger partial charge in [0, 0.05) is 0 Å². The van der Waals surface area contributed by atoms with Crippen LogP contribution in [0.3, 0.4) is 0 Å². The topological polar surface area (TPSA) is 57.8 Å². The summed E-state index contributed by atoms with van der Waals surface area (Å²) in [7, 11) is 0. The zero-order chi connectivity index (χ0) is 15.5. The third kappa shape index (κ3) is 3.33. The number of halogens is 2. The molecule has 0 fully saturated rings. The zero-order valence-electron chi connectivity index (χ0n) is 11.6. The Hall–Kier alpha value is -2.21. The van der Waals surface area contributed by atoms with E-state index in [0.717, 1.165) is 16.6 Å². The molecule has 22 heavy (non-hydrogen) atoms. The van der Waals surface area contributed by atoms with Crippen LogP contribution in [-0.4, -0.2) is 15.9 Å². The maximum Gasteiger partial charge on any atom is 0.224 e. The minimum Gasteiger partial charge on any atom is -0.349 e. The predicted molar refractivity (Wildman–Crippen MR) is 85.7 cm³/mol. The summed E-state index contributed by atoms with van der Waals surface area (Å²) < 4.78 is 13.5. The molecule has 2 N–H and O–H groups in total. The summed E-state index contributed by atoms with van der Waals surface area (Å²) >= 11 is 3.11. The first-order chi connectivity index (χ1) is 10.6. The summed E-state index contributed by atoms with van der Waals surface area (Å²) in [6.07, 6.45) is 0.194. The molecule has 1 amide bonds. The van der Waals surface area contributed by atoms with Crippen LogP contribution in [-0.2, 0) is 17.8 Å². The number of benzene rings is 2. The third-order valence-electron chi connectivity index (χ3n) is 3.24. The van der Waals surface area contributed by atoms with E-state index in [1.54, 1.807) is 12.1 Å². The van der Waals surface area contributed by atoms with E-state index in [1.165, 1.54) is 6.07 Å². The first-order valence-corrected chi connectivity index (χ1v) is 7.55. The molecule has 3 aromatic rings. The van der Waals surface area contributed by atoms with Gasteiger partial charge in [-0.1, -0.05) is 18.2 Å². The van der Waals surface area contributed by atoms with Gasteiger partial charge in [0.2, 0.25) is 5.91 Å². The number of nitrogens with one attached hydrogen (secondary N) is 2. The maximum absolute atomic E-state index is 13.1. The number of carbonyl (C=O) groups excluding carboxylic acids is 1. The summed E-state index contributed by atoms with van der Waals surface area (Å²) in [5.74, 6) is 0.222. The summed E-state index contributed by atoms with van der Waals surface area (Å²) in [6, 6.07) is 12.2. The van der Waals surface area contributed by atoms with Gasteiger partial charge in [-0.2, -0.15) is 0 Å². The molecule has 112 valence electrons. The van der Waals surface area contributed by atoms with Gasteiger partial charge in [0.15, 0.2) is 0 Å². The molecule has 0 bridgehead atoms. The second-order valence-corrected chi connectivity index (χ2v) is 5.76. The van der Waals surface area contributed by atoms with E-state index in [-0.39, 0.29) is 18.1 Å². The smallest absolute Gasteiger partial charge is 0.224 e. The Morgan fingerprint density at radius 3 is 2.86 bits per heavy atom. The summed E-state index contributed by atoms with van der Waals surface area (Å²) in [5.41, 5.74) is 2.55. The highest BCUT2D eigenvalue weighted by molar-refractivity contribution is 9.10. The van der Waals surface area contributed by atoms with Crippen molar-refractivity contribution in [3.05, 3.63) is 64.1 Å². The number of aromatic nitrogens is 2. The average molecular weight is 362 g/mol. The van der Waals surface area contributed by atoms with Crippen LogP contribution in [0.5, 0.6) is 0 Å². The number of amides is 1. The van der Waals surface area contributed by atoms with Crippen LogP contribution in [0.2, 0.25) is 0 Å². The summed E-state index contributed by atoms with van der Waals surface area (Å²) in [4.78, 5) is 19.5. The molecule has 0 saturated heterocycles. The molecular formula is C16H13BrFN3O. The largest absolute Gasteiger partial charge is 0.349 e. The van der Waals surface area contributed by atoms with E-state index in [9.17, 15) is 9.18 Å². The standard InChI is InChI=1S/C16H13BrFN3O/c17-11-7-10(5-6-12(11)18)8-16(22)19-9-15-20-13-3-1-2-4-14(13)21-15/h1-7H,8-9H2,(H,19,22)(H,20,21). The van der Waals surface area contributed by atoms with Crippen LogP contribution in [0.15, 0.2) is 46.9 Å². The predicted octanol–water partition coefficient (Wildman–Crippen LogP) is 3.32. The van der Waals surface area contributed by atoms with Gasteiger partial charge in [0.1, 0.15) is 11.6 Å². The van der Waals surface area contributed by atoms with Crippen molar-refractivity contribution < 1.29 is 9.18 Å². The lowest BCUT2D eigenvalue weighted by Gasteiger charge is -2.04. The Kier molecular flexibility index (Phi) is 4.20. The molecule has 3 rings (SSSR count). The molecule has 0 spiro atoms. The fourth-order valence-corrected chi connectivity index (χ4v) is 2.60. The number of aromatic amines is 1. The lowest BCUT2D eigenvalue weighted by atomic mass is 10.1. The highest BCUT2D eigenvalue weighted by Crippen LogP contribution is 2.17. The first kappa shape index (κ1) is 14.7. The quantitative estimate of drug-likeness (QED) is 0.748. The van der Waals surface area contributed by atoms with Crippen LogP contribution in [0.25, 0.3) is 11.0 Å². The monoisotopic (exact) mass is 361 g/mol. The van der Waals surface area contributed by atoms with Gasteiger partial charge in [-0.25, -0.2) is 9.37 Å². The molecule has 0 aliphatic carbocycles. The number of para-hydroxylation sites is 2. The van der Waals surface area contributed by atoms with Crippen molar-refractivity contribution in [2.75, 3.05) is 0 Å². The fourth-order valence-electron chi connectivity index (χ4n) is 2.17. The second-order valence-electron chi connectivity index (χ2n) is 4.90. The highest BCUT2D eigenvalue weighted by atomic mass is 79.9. The third-order valence-corrected chi connectivity index (χ3v) is 3.85. The zero-order valence-corrected chi connectivity index (χ0v) is 13.2. The van der Waals surface area contributed by atoms with Gasteiger partial charge in [-0.3, -0.25) is 4.79 Å². The van der Waals surface area contributed by atoms with Gasteiger partial charge in [-0.15, -0.1) is 0 Å². The van der Waals surface area contributed by atoms with E-state index in [1.807, 2.05) is 24.3 Å². The molecule has 0 aliphatic heterocycles. The fraction of sp³-hybridized carbons (Fsp3) is 0.125. The van der Waals surface area contributed by atoms with Crippen LogP contribution in [0.1, 0.15) is 11.4 Å². The second kappa shape index (κ2) is 6.27. The minimum atomic E-state index is -0.341. The molecular weight excluding hydrogens is 349 g/mol. The lowest BCUT2D eigenvalue weighted by molar-refractivity contribution is -0.120. The summed E-state index contributed by atoms with van der Waals surface area (Å²) in [5, 5.41) is 2.80. The molecule has 1 heterocycles. The van der Waals surface area contributed by atoms with Gasteiger partial charge >= 0.3 is 0 Å². The van der Waals surface area contributed by atoms with Gasteiger partial charge in [0.25, 0.3) is 0 Å². The SMILES string of the molecule is O=C(Cc1ccc(F)c(Br)c1)NCc1nc2ccccc2[nH]1. The molecule has 0 radical (unpaired) electrons. The number of H-pyrrole nitrogens is 1. The number of hydrogen-bond acceptors (Lipinski definition) is 2. The maximum atomic E-state index is 13.1. The molecule has 2 aromatic carbocycles. The van der Waals surface area contributed by atoms with Crippen molar-refractivity contribution >= 4 is 32.9 Å². The van der Waals surface area contributed by atoms with Crippen LogP contribution < -0.4 is 5.32 Å². The highest BCUT2D eigenvalue weighted by Gasteiger charge is 2.07. The molecule has 6 heteroatoms. The minimum absolute atomic E-state index is 0.140. The molecule has 0 unspecified atom stereocenters. The van der Waals surface area contributed by atoms with Crippen molar-refractivity contribution in [1.82, 2.24) is 15.3 Å². The van der Waals surface area contributed by atoms with Crippen LogP contribution in [0, 0.1) is 5.82 Å². The Bertz CT molecular complexity index is 798.